The van der Waals surface area contributed by atoms with Crippen LogP contribution in [0.2, 0.25) is 0 Å². The number of rotatable bonds is 6. The lowest BCUT2D eigenvalue weighted by Gasteiger charge is -2.27. The molecule has 2 N–H and O–H groups in total. The Bertz CT molecular complexity index is 235. The van der Waals surface area contributed by atoms with Crippen molar-refractivity contribution in [3.8, 4) is 0 Å². The second-order valence-corrected chi connectivity index (χ2v) is 5.17. The molecule has 0 aliphatic heterocycles. The SMILES string of the molecule is COCCNCC(=O)NC1CCCC1(C)C.Cl. The summed E-state index contributed by atoms with van der Waals surface area (Å²) in [4.78, 5) is 11.6. The van der Waals surface area contributed by atoms with E-state index in [4.69, 9.17) is 4.74 Å². The number of halogens is 1. The Morgan fingerprint density at radius 1 is 1.47 bits per heavy atom. The van der Waals surface area contributed by atoms with Crippen molar-refractivity contribution in [3.63, 3.8) is 0 Å². The van der Waals surface area contributed by atoms with Crippen LogP contribution in [0.4, 0.5) is 0 Å². The Morgan fingerprint density at radius 3 is 2.71 bits per heavy atom. The Balaban J connectivity index is 0.00000256. The molecule has 5 heteroatoms. The van der Waals surface area contributed by atoms with Crippen LogP contribution in [-0.2, 0) is 9.53 Å². The van der Waals surface area contributed by atoms with Crippen molar-refractivity contribution in [2.75, 3.05) is 26.8 Å². The van der Waals surface area contributed by atoms with Gasteiger partial charge in [-0.05, 0) is 18.3 Å². The van der Waals surface area contributed by atoms with Crippen molar-refractivity contribution in [1.29, 1.82) is 0 Å². The number of nitrogens with one attached hydrogen (secondary N) is 2. The summed E-state index contributed by atoms with van der Waals surface area (Å²) in [6.07, 6.45) is 3.53. The Morgan fingerprint density at radius 2 is 2.18 bits per heavy atom. The first-order chi connectivity index (χ1) is 7.56. The van der Waals surface area contributed by atoms with Crippen molar-refractivity contribution in [3.05, 3.63) is 0 Å². The van der Waals surface area contributed by atoms with Gasteiger partial charge in [0.1, 0.15) is 0 Å². The standard InChI is InChI=1S/C12H24N2O2.ClH/c1-12(2)6-4-5-10(12)14-11(15)9-13-7-8-16-3;/h10,13H,4-9H2,1-3H3,(H,14,15);1H. The first-order valence-electron chi connectivity index (χ1n) is 6.05. The van der Waals surface area contributed by atoms with E-state index in [1.165, 1.54) is 12.8 Å². The van der Waals surface area contributed by atoms with Crippen LogP contribution in [0.1, 0.15) is 33.1 Å². The molecule has 1 atom stereocenters. The minimum absolute atomic E-state index is 0. The molecule has 4 nitrogen and oxygen atoms in total. The number of carbonyl (C=O) groups excluding carboxylic acids is 1. The second-order valence-electron chi connectivity index (χ2n) is 5.17. The van der Waals surface area contributed by atoms with E-state index in [0.29, 0.717) is 19.2 Å². The van der Waals surface area contributed by atoms with Crippen LogP contribution >= 0.6 is 12.4 Å². The smallest absolute Gasteiger partial charge is 0.234 e. The first kappa shape index (κ1) is 16.7. The van der Waals surface area contributed by atoms with Crippen LogP contribution in [0.3, 0.4) is 0 Å². The average molecular weight is 265 g/mol. The highest BCUT2D eigenvalue weighted by atomic mass is 35.5. The van der Waals surface area contributed by atoms with E-state index in [2.05, 4.69) is 24.5 Å². The lowest BCUT2D eigenvalue weighted by atomic mass is 9.87. The van der Waals surface area contributed by atoms with E-state index in [1.807, 2.05) is 0 Å². The maximum atomic E-state index is 11.6. The van der Waals surface area contributed by atoms with Gasteiger partial charge in [0.05, 0.1) is 13.2 Å². The minimum Gasteiger partial charge on any atom is -0.383 e. The normalized spacial score (nSPS) is 21.9. The van der Waals surface area contributed by atoms with Gasteiger partial charge in [0.15, 0.2) is 0 Å². The summed E-state index contributed by atoms with van der Waals surface area (Å²) in [6, 6.07) is 0.337. The van der Waals surface area contributed by atoms with Gasteiger partial charge in [0.25, 0.3) is 0 Å². The van der Waals surface area contributed by atoms with Crippen molar-refractivity contribution in [2.45, 2.75) is 39.2 Å². The van der Waals surface area contributed by atoms with Crippen molar-refractivity contribution in [2.24, 2.45) is 5.41 Å². The van der Waals surface area contributed by atoms with E-state index >= 15 is 0 Å². The third kappa shape index (κ3) is 5.70. The van der Waals surface area contributed by atoms with E-state index in [1.54, 1.807) is 7.11 Å². The van der Waals surface area contributed by atoms with Gasteiger partial charge in [-0.1, -0.05) is 20.3 Å². The van der Waals surface area contributed by atoms with Crippen molar-refractivity contribution >= 4 is 18.3 Å². The minimum atomic E-state index is 0. The highest BCUT2D eigenvalue weighted by molar-refractivity contribution is 5.85. The van der Waals surface area contributed by atoms with Gasteiger partial charge in [-0.3, -0.25) is 4.79 Å². The highest BCUT2D eigenvalue weighted by Gasteiger charge is 2.35. The molecular weight excluding hydrogens is 240 g/mol. The summed E-state index contributed by atoms with van der Waals surface area (Å²) >= 11 is 0. The summed E-state index contributed by atoms with van der Waals surface area (Å²) in [5, 5.41) is 6.15. The average Bonchev–Trinajstić information content (AvgIpc) is 2.53. The summed E-state index contributed by atoms with van der Waals surface area (Å²) in [6.45, 7) is 6.20. The first-order valence-corrected chi connectivity index (χ1v) is 6.05. The monoisotopic (exact) mass is 264 g/mol. The van der Waals surface area contributed by atoms with E-state index in [0.717, 1.165) is 13.0 Å². The summed E-state index contributed by atoms with van der Waals surface area (Å²) in [5.74, 6) is 0.0936. The molecule has 0 heterocycles. The van der Waals surface area contributed by atoms with Gasteiger partial charge in [0, 0.05) is 19.7 Å². The third-order valence-corrected chi connectivity index (χ3v) is 3.36. The molecule has 102 valence electrons. The lowest BCUT2D eigenvalue weighted by Crippen LogP contribution is -2.45. The predicted molar refractivity (Wildman–Crippen MR) is 71.6 cm³/mol. The van der Waals surface area contributed by atoms with Gasteiger partial charge in [0.2, 0.25) is 5.91 Å². The molecule has 1 unspecified atom stereocenters. The van der Waals surface area contributed by atoms with E-state index in [9.17, 15) is 4.79 Å². The number of amides is 1. The van der Waals surface area contributed by atoms with Crippen molar-refractivity contribution in [1.82, 2.24) is 10.6 Å². The number of methoxy groups -OCH3 is 1. The number of carbonyl (C=O) groups is 1. The van der Waals surface area contributed by atoms with E-state index in [-0.39, 0.29) is 23.7 Å². The molecule has 17 heavy (non-hydrogen) atoms. The number of hydrogen-bond donors (Lipinski definition) is 2. The predicted octanol–water partition coefficient (Wildman–Crippen LogP) is 1.34. The van der Waals surface area contributed by atoms with Crippen LogP contribution in [0.5, 0.6) is 0 Å². The topological polar surface area (TPSA) is 50.4 Å². The van der Waals surface area contributed by atoms with Crippen LogP contribution in [0.15, 0.2) is 0 Å². The van der Waals surface area contributed by atoms with Crippen LogP contribution < -0.4 is 10.6 Å². The maximum Gasteiger partial charge on any atom is 0.234 e. The molecule has 1 rings (SSSR count). The molecule has 1 saturated carbocycles. The zero-order valence-corrected chi connectivity index (χ0v) is 11.9. The lowest BCUT2D eigenvalue weighted by molar-refractivity contribution is -0.121. The molecule has 0 aromatic heterocycles. The number of hydrogen-bond acceptors (Lipinski definition) is 3. The molecular formula is C12H25ClN2O2. The Labute approximate surface area is 110 Å². The van der Waals surface area contributed by atoms with E-state index < -0.39 is 0 Å². The fourth-order valence-electron chi connectivity index (χ4n) is 2.22. The molecule has 0 radical (unpaired) electrons. The van der Waals surface area contributed by atoms with Gasteiger partial charge in [-0.2, -0.15) is 0 Å². The third-order valence-electron chi connectivity index (χ3n) is 3.36. The summed E-state index contributed by atoms with van der Waals surface area (Å²) < 4.78 is 4.90. The molecule has 1 aliphatic rings. The fraction of sp³-hybridized carbons (Fsp3) is 0.917. The zero-order chi connectivity index (χ0) is 12.0. The highest BCUT2D eigenvalue weighted by Crippen LogP contribution is 2.36. The molecule has 1 amide bonds. The van der Waals surface area contributed by atoms with Gasteiger partial charge in [-0.25, -0.2) is 0 Å². The molecule has 0 aromatic rings. The second kappa shape index (κ2) is 7.90. The molecule has 0 spiro atoms. The molecule has 1 fully saturated rings. The van der Waals surface area contributed by atoms with Gasteiger partial charge in [-0.15, -0.1) is 12.4 Å². The molecule has 0 bridgehead atoms. The maximum absolute atomic E-state index is 11.6. The van der Waals surface area contributed by atoms with Gasteiger partial charge < -0.3 is 15.4 Å². The zero-order valence-electron chi connectivity index (χ0n) is 11.0. The quantitative estimate of drug-likeness (QED) is 0.712. The molecule has 0 saturated heterocycles. The largest absolute Gasteiger partial charge is 0.383 e. The fourth-order valence-corrected chi connectivity index (χ4v) is 2.22. The summed E-state index contributed by atoms with van der Waals surface area (Å²) in [7, 11) is 1.66. The Hall–Kier alpha value is -0.320. The van der Waals surface area contributed by atoms with Crippen molar-refractivity contribution < 1.29 is 9.53 Å². The van der Waals surface area contributed by atoms with Crippen LogP contribution in [0.25, 0.3) is 0 Å². The van der Waals surface area contributed by atoms with Gasteiger partial charge >= 0.3 is 0 Å². The molecule has 1 aliphatic carbocycles. The van der Waals surface area contributed by atoms with Crippen LogP contribution in [-0.4, -0.2) is 38.8 Å². The summed E-state index contributed by atoms with van der Waals surface area (Å²) in [5.41, 5.74) is 0.252. The van der Waals surface area contributed by atoms with Crippen LogP contribution in [0, 0.1) is 5.41 Å². The Kier molecular flexibility index (Phi) is 7.75. The number of ether oxygens (including phenoxy) is 1. The molecule has 0 aromatic carbocycles.